The summed E-state index contributed by atoms with van der Waals surface area (Å²) in [5, 5.41) is 0. The van der Waals surface area contributed by atoms with E-state index in [1.807, 2.05) is 25.1 Å². The van der Waals surface area contributed by atoms with Crippen molar-refractivity contribution in [1.82, 2.24) is 9.97 Å². The quantitative estimate of drug-likeness (QED) is 0.586. The molecule has 0 aliphatic rings. The fourth-order valence-corrected chi connectivity index (χ4v) is 1.63. The Labute approximate surface area is 86.2 Å². The summed E-state index contributed by atoms with van der Waals surface area (Å²) in [6.45, 7) is 1.85. The Morgan fingerprint density at radius 3 is 2.79 bits per heavy atom. The van der Waals surface area contributed by atoms with Crippen molar-refractivity contribution < 1.29 is 4.79 Å². The number of carbonyl (C=O) groups is 1. The summed E-state index contributed by atoms with van der Waals surface area (Å²) in [5.41, 5.74) is 2.54. The summed E-state index contributed by atoms with van der Waals surface area (Å²) in [5.74, 6) is 0.146. The number of hydrogen-bond acceptors (Lipinski definition) is 2. The number of imidazole rings is 1. The first kappa shape index (κ1) is 9.15. The Kier molecular flexibility index (Phi) is 2.21. The van der Waals surface area contributed by atoms with Gasteiger partial charge in [0.2, 0.25) is 0 Å². The first-order valence-corrected chi connectivity index (χ1v) is 4.87. The van der Waals surface area contributed by atoms with E-state index in [0.717, 1.165) is 16.6 Å². The normalized spacial score (nSPS) is 10.6. The van der Waals surface area contributed by atoms with Gasteiger partial charge in [-0.1, -0.05) is 6.92 Å². The van der Waals surface area contributed by atoms with Crippen LogP contribution >= 0.6 is 12.2 Å². The lowest BCUT2D eigenvalue weighted by molar-refractivity contribution is 0.0988. The Morgan fingerprint density at radius 2 is 2.07 bits per heavy atom. The minimum atomic E-state index is 0.146. The van der Waals surface area contributed by atoms with Gasteiger partial charge in [0.05, 0.1) is 11.0 Å². The zero-order valence-corrected chi connectivity index (χ0v) is 8.57. The molecule has 0 amide bonds. The van der Waals surface area contributed by atoms with Crippen LogP contribution in [0, 0.1) is 4.77 Å². The van der Waals surface area contributed by atoms with Gasteiger partial charge in [0.25, 0.3) is 0 Å². The lowest BCUT2D eigenvalue weighted by atomic mass is 10.1. The minimum absolute atomic E-state index is 0.146. The predicted molar refractivity (Wildman–Crippen MR) is 58.1 cm³/mol. The highest BCUT2D eigenvalue weighted by Crippen LogP contribution is 2.13. The van der Waals surface area contributed by atoms with Crippen LogP contribution in [0.4, 0.5) is 0 Å². The highest BCUT2D eigenvalue weighted by Gasteiger charge is 2.04. The Bertz CT molecular complexity index is 538. The average molecular weight is 206 g/mol. The van der Waals surface area contributed by atoms with Gasteiger partial charge in [0.1, 0.15) is 0 Å². The third-order valence-electron chi connectivity index (χ3n) is 2.16. The van der Waals surface area contributed by atoms with E-state index < -0.39 is 0 Å². The van der Waals surface area contributed by atoms with Gasteiger partial charge in [-0.3, -0.25) is 4.79 Å². The second kappa shape index (κ2) is 3.38. The number of carbonyl (C=O) groups excluding carboxylic acids is 1. The van der Waals surface area contributed by atoms with Crippen LogP contribution < -0.4 is 0 Å². The lowest BCUT2D eigenvalue weighted by Crippen LogP contribution is -1.95. The first-order valence-electron chi connectivity index (χ1n) is 4.46. The van der Waals surface area contributed by atoms with Crippen molar-refractivity contribution >= 4 is 29.0 Å². The summed E-state index contributed by atoms with van der Waals surface area (Å²) in [6, 6.07) is 5.51. The number of fused-ring (bicyclic) bond motifs is 1. The van der Waals surface area contributed by atoms with E-state index in [-0.39, 0.29) is 5.78 Å². The highest BCUT2D eigenvalue weighted by atomic mass is 32.1. The fourth-order valence-electron chi connectivity index (χ4n) is 1.41. The molecule has 2 aromatic rings. The van der Waals surface area contributed by atoms with Crippen LogP contribution in [0.25, 0.3) is 11.0 Å². The van der Waals surface area contributed by atoms with Gasteiger partial charge in [-0.05, 0) is 30.4 Å². The topological polar surface area (TPSA) is 48.6 Å². The molecule has 14 heavy (non-hydrogen) atoms. The molecule has 2 rings (SSSR count). The Hall–Kier alpha value is -1.42. The molecule has 0 fully saturated rings. The van der Waals surface area contributed by atoms with Crippen molar-refractivity contribution in [3.63, 3.8) is 0 Å². The van der Waals surface area contributed by atoms with Crippen LogP contribution in [0.2, 0.25) is 0 Å². The molecular formula is C10H10N2OS. The molecule has 0 atom stereocenters. The molecule has 1 aromatic carbocycles. The predicted octanol–water partition coefficient (Wildman–Crippen LogP) is 2.82. The van der Waals surface area contributed by atoms with Gasteiger partial charge < -0.3 is 9.97 Å². The summed E-state index contributed by atoms with van der Waals surface area (Å²) < 4.78 is 0.584. The zero-order valence-electron chi connectivity index (χ0n) is 7.76. The third-order valence-corrected chi connectivity index (χ3v) is 2.36. The van der Waals surface area contributed by atoms with Gasteiger partial charge in [-0.2, -0.15) is 0 Å². The van der Waals surface area contributed by atoms with Crippen molar-refractivity contribution in [1.29, 1.82) is 0 Å². The molecule has 2 N–H and O–H groups in total. The summed E-state index contributed by atoms with van der Waals surface area (Å²) in [4.78, 5) is 17.4. The number of H-pyrrole nitrogens is 2. The smallest absolute Gasteiger partial charge is 0.175 e. The number of nitrogens with one attached hydrogen (secondary N) is 2. The maximum absolute atomic E-state index is 11.4. The average Bonchev–Trinajstić information content (AvgIpc) is 2.55. The van der Waals surface area contributed by atoms with Crippen LogP contribution in [0.15, 0.2) is 18.2 Å². The van der Waals surface area contributed by atoms with Gasteiger partial charge in [0, 0.05) is 12.0 Å². The van der Waals surface area contributed by atoms with Gasteiger partial charge in [0.15, 0.2) is 10.6 Å². The van der Waals surface area contributed by atoms with Crippen molar-refractivity contribution in [2.75, 3.05) is 0 Å². The molecule has 0 saturated carbocycles. The fraction of sp³-hybridized carbons (Fsp3) is 0.200. The monoisotopic (exact) mass is 206 g/mol. The molecule has 1 heterocycles. The molecule has 3 nitrogen and oxygen atoms in total. The van der Waals surface area contributed by atoms with Gasteiger partial charge >= 0.3 is 0 Å². The van der Waals surface area contributed by atoms with Crippen molar-refractivity contribution in [3.8, 4) is 0 Å². The molecule has 4 heteroatoms. The molecule has 72 valence electrons. The van der Waals surface area contributed by atoms with Crippen LogP contribution in [0.3, 0.4) is 0 Å². The second-order valence-corrected chi connectivity index (χ2v) is 3.52. The molecule has 0 aliphatic carbocycles. The van der Waals surface area contributed by atoms with E-state index in [0.29, 0.717) is 11.2 Å². The third kappa shape index (κ3) is 1.48. The van der Waals surface area contributed by atoms with Crippen LogP contribution in [-0.2, 0) is 0 Å². The zero-order chi connectivity index (χ0) is 10.1. The first-order chi connectivity index (χ1) is 6.70. The lowest BCUT2D eigenvalue weighted by Gasteiger charge is -1.96. The summed E-state index contributed by atoms with van der Waals surface area (Å²) >= 11 is 4.95. The number of aromatic amines is 2. The second-order valence-electron chi connectivity index (χ2n) is 3.12. The van der Waals surface area contributed by atoms with Gasteiger partial charge in [-0.25, -0.2) is 0 Å². The van der Waals surface area contributed by atoms with Crippen LogP contribution in [-0.4, -0.2) is 15.8 Å². The van der Waals surface area contributed by atoms with Gasteiger partial charge in [-0.15, -0.1) is 0 Å². The molecule has 0 unspecified atom stereocenters. The molecule has 0 aliphatic heterocycles. The molecule has 0 radical (unpaired) electrons. The van der Waals surface area contributed by atoms with Crippen molar-refractivity contribution in [2.45, 2.75) is 13.3 Å². The van der Waals surface area contributed by atoms with E-state index in [4.69, 9.17) is 12.2 Å². The number of hydrogen-bond donors (Lipinski definition) is 2. The number of aromatic nitrogens is 2. The maximum atomic E-state index is 11.4. The highest BCUT2D eigenvalue weighted by molar-refractivity contribution is 7.71. The van der Waals surface area contributed by atoms with Crippen LogP contribution in [0.5, 0.6) is 0 Å². The number of rotatable bonds is 2. The van der Waals surface area contributed by atoms with E-state index in [1.165, 1.54) is 0 Å². The molecule has 0 saturated heterocycles. The van der Waals surface area contributed by atoms with E-state index in [1.54, 1.807) is 0 Å². The Morgan fingerprint density at radius 1 is 1.36 bits per heavy atom. The Balaban J connectivity index is 2.61. The maximum Gasteiger partial charge on any atom is 0.175 e. The summed E-state index contributed by atoms with van der Waals surface area (Å²) in [6.07, 6.45) is 0.524. The number of ketones is 1. The largest absolute Gasteiger partial charge is 0.331 e. The van der Waals surface area contributed by atoms with Crippen molar-refractivity contribution in [2.24, 2.45) is 0 Å². The van der Waals surface area contributed by atoms with Crippen molar-refractivity contribution in [3.05, 3.63) is 28.5 Å². The number of Topliss-reactive ketones (excluding diaryl/α,β-unsaturated/α-hetero) is 1. The van der Waals surface area contributed by atoms with Crippen LogP contribution in [0.1, 0.15) is 23.7 Å². The molecule has 0 bridgehead atoms. The molecule has 1 aromatic heterocycles. The van der Waals surface area contributed by atoms with E-state index in [2.05, 4.69) is 9.97 Å². The van der Waals surface area contributed by atoms with E-state index >= 15 is 0 Å². The van der Waals surface area contributed by atoms with E-state index in [9.17, 15) is 4.79 Å². The SMILES string of the molecule is CCC(=O)c1ccc2[nH]c(=S)[nH]c2c1. The number of benzene rings is 1. The summed E-state index contributed by atoms with van der Waals surface area (Å²) in [7, 11) is 0. The molecular weight excluding hydrogens is 196 g/mol. The molecule has 0 spiro atoms. The standard InChI is InChI=1S/C10H10N2OS/c1-2-9(13)6-3-4-7-8(5-6)12-10(14)11-7/h3-5H,2H2,1H3,(H2,11,12,14). The minimum Gasteiger partial charge on any atom is -0.331 e.